The first-order valence-electron chi connectivity index (χ1n) is 8.14. The van der Waals surface area contributed by atoms with E-state index in [2.05, 4.69) is 10.3 Å². The number of aromatic nitrogens is 1. The lowest BCUT2D eigenvalue weighted by Crippen LogP contribution is -2.30. The highest BCUT2D eigenvalue weighted by Crippen LogP contribution is 2.29. The second kappa shape index (κ2) is 8.73. The van der Waals surface area contributed by atoms with Gasteiger partial charge in [0, 0.05) is 17.4 Å². The van der Waals surface area contributed by atoms with Crippen molar-refractivity contribution in [1.29, 1.82) is 0 Å². The maximum atomic E-state index is 12.4. The quantitative estimate of drug-likeness (QED) is 0.597. The van der Waals surface area contributed by atoms with Crippen molar-refractivity contribution >= 4 is 29.2 Å². The van der Waals surface area contributed by atoms with Gasteiger partial charge in [-0.05, 0) is 44.5 Å². The van der Waals surface area contributed by atoms with Crippen LogP contribution in [0.1, 0.15) is 28.5 Å². The molecule has 0 spiro atoms. The van der Waals surface area contributed by atoms with Crippen LogP contribution in [0.4, 0.5) is 5.69 Å². The zero-order chi connectivity index (χ0) is 20.1. The molecule has 0 fully saturated rings. The molecular weight excluding hydrogens is 372 g/mol. The predicted octanol–water partition coefficient (Wildman–Crippen LogP) is 3.55. The molecule has 0 aliphatic carbocycles. The van der Waals surface area contributed by atoms with Crippen LogP contribution < -0.4 is 14.8 Å². The lowest BCUT2D eigenvalue weighted by molar-refractivity contribution is -0.123. The molecule has 1 aromatic heterocycles. The Morgan fingerprint density at radius 2 is 1.78 bits per heavy atom. The molecule has 1 N–H and O–H groups in total. The Balaban J connectivity index is 2.09. The summed E-state index contributed by atoms with van der Waals surface area (Å²) in [5.74, 6) is -0.204. The molecule has 0 saturated heterocycles. The number of carbonyl (C=O) groups excluding carboxylic acids is 2. The summed E-state index contributed by atoms with van der Waals surface area (Å²) in [6.07, 6.45) is -1.04. The molecular formula is C19H21ClN2O5. The monoisotopic (exact) mass is 392 g/mol. The number of nitrogens with one attached hydrogen (secondary N) is 1. The fourth-order valence-corrected chi connectivity index (χ4v) is 2.83. The number of nitrogens with zero attached hydrogens (tertiary/aromatic N) is 1. The summed E-state index contributed by atoms with van der Waals surface area (Å²) in [6, 6.07) is 6.64. The zero-order valence-corrected chi connectivity index (χ0v) is 16.5. The van der Waals surface area contributed by atoms with E-state index < -0.39 is 18.0 Å². The third kappa shape index (κ3) is 4.89. The van der Waals surface area contributed by atoms with Crippen molar-refractivity contribution in [3.8, 4) is 11.5 Å². The van der Waals surface area contributed by atoms with Crippen LogP contribution in [0.5, 0.6) is 11.5 Å². The molecule has 8 heteroatoms. The van der Waals surface area contributed by atoms with Crippen molar-refractivity contribution in [3.05, 3.63) is 46.2 Å². The van der Waals surface area contributed by atoms with Crippen LogP contribution in [0.25, 0.3) is 0 Å². The fourth-order valence-electron chi connectivity index (χ4n) is 2.47. The standard InChI is InChI=1S/C19H21ClN2O5/c1-10-8-11(2)21-17(20)16(10)19(24)27-12(3)18(23)22-13-6-7-14(25-4)15(9-13)26-5/h6-9,12H,1-5H3,(H,22,23)/t12-/m0/s1. The number of rotatable bonds is 6. The van der Waals surface area contributed by atoms with Gasteiger partial charge in [0.1, 0.15) is 5.15 Å². The highest BCUT2D eigenvalue weighted by Gasteiger charge is 2.23. The minimum absolute atomic E-state index is 0.0463. The molecule has 0 radical (unpaired) electrons. The maximum absolute atomic E-state index is 12.4. The predicted molar refractivity (Wildman–Crippen MR) is 102 cm³/mol. The molecule has 0 aliphatic heterocycles. The number of carbonyl (C=O) groups is 2. The highest BCUT2D eigenvalue weighted by molar-refractivity contribution is 6.32. The van der Waals surface area contributed by atoms with E-state index in [0.717, 1.165) is 0 Å². The number of hydrogen-bond acceptors (Lipinski definition) is 6. The van der Waals surface area contributed by atoms with Crippen LogP contribution in [0.15, 0.2) is 24.3 Å². The van der Waals surface area contributed by atoms with Gasteiger partial charge in [0.25, 0.3) is 5.91 Å². The number of pyridine rings is 1. The number of benzene rings is 1. The number of esters is 1. The molecule has 2 rings (SSSR count). The summed E-state index contributed by atoms with van der Waals surface area (Å²) in [5, 5.41) is 2.71. The van der Waals surface area contributed by atoms with Crippen LogP contribution in [0.2, 0.25) is 5.15 Å². The third-order valence-electron chi connectivity index (χ3n) is 3.81. The van der Waals surface area contributed by atoms with Gasteiger partial charge in [0.15, 0.2) is 17.6 Å². The number of anilines is 1. The van der Waals surface area contributed by atoms with Crippen molar-refractivity contribution in [1.82, 2.24) is 4.98 Å². The van der Waals surface area contributed by atoms with Crippen LogP contribution in [-0.2, 0) is 9.53 Å². The van der Waals surface area contributed by atoms with Crippen LogP contribution >= 0.6 is 11.6 Å². The van der Waals surface area contributed by atoms with Crippen molar-refractivity contribution in [2.45, 2.75) is 26.9 Å². The molecule has 1 amide bonds. The zero-order valence-electron chi connectivity index (χ0n) is 15.8. The van der Waals surface area contributed by atoms with Crippen LogP contribution in [0.3, 0.4) is 0 Å². The molecule has 0 aliphatic rings. The Morgan fingerprint density at radius 1 is 1.11 bits per heavy atom. The molecule has 1 heterocycles. The first kappa shape index (κ1) is 20.5. The Bertz CT molecular complexity index is 846. The van der Waals surface area contributed by atoms with Gasteiger partial charge in [0.05, 0.1) is 19.8 Å². The maximum Gasteiger partial charge on any atom is 0.342 e. The lowest BCUT2D eigenvalue weighted by atomic mass is 10.1. The molecule has 144 valence electrons. The first-order chi connectivity index (χ1) is 12.8. The molecule has 0 saturated carbocycles. The molecule has 0 bridgehead atoms. The number of aryl methyl sites for hydroxylation is 2. The average molecular weight is 393 g/mol. The Labute approximate surface area is 162 Å². The normalized spacial score (nSPS) is 11.5. The SMILES string of the molecule is COc1ccc(NC(=O)[C@H](C)OC(=O)c2c(C)cc(C)nc2Cl)cc1OC. The number of methoxy groups -OCH3 is 2. The van der Waals surface area contributed by atoms with E-state index >= 15 is 0 Å². The van der Waals surface area contributed by atoms with Gasteiger partial charge in [-0.1, -0.05) is 11.6 Å². The van der Waals surface area contributed by atoms with Crippen LogP contribution in [0, 0.1) is 13.8 Å². The molecule has 1 aromatic carbocycles. The molecule has 7 nitrogen and oxygen atoms in total. The van der Waals surface area contributed by atoms with Gasteiger partial charge < -0.3 is 19.5 Å². The van der Waals surface area contributed by atoms with Crippen molar-refractivity contribution in [2.75, 3.05) is 19.5 Å². The van der Waals surface area contributed by atoms with E-state index in [9.17, 15) is 9.59 Å². The average Bonchev–Trinajstić information content (AvgIpc) is 2.60. The van der Waals surface area contributed by atoms with Gasteiger partial charge in [-0.3, -0.25) is 4.79 Å². The summed E-state index contributed by atoms with van der Waals surface area (Å²) in [6.45, 7) is 4.97. The van der Waals surface area contributed by atoms with E-state index in [1.807, 2.05) is 0 Å². The third-order valence-corrected chi connectivity index (χ3v) is 4.08. The molecule has 27 heavy (non-hydrogen) atoms. The Kier molecular flexibility index (Phi) is 6.63. The lowest BCUT2D eigenvalue weighted by Gasteiger charge is -2.16. The van der Waals surface area contributed by atoms with E-state index in [4.69, 9.17) is 25.8 Å². The summed E-state index contributed by atoms with van der Waals surface area (Å²) < 4.78 is 15.6. The van der Waals surface area contributed by atoms with Crippen molar-refractivity contribution < 1.29 is 23.8 Å². The molecule has 2 aromatic rings. The number of amides is 1. The van der Waals surface area contributed by atoms with Gasteiger partial charge >= 0.3 is 5.97 Å². The van der Waals surface area contributed by atoms with E-state index in [1.54, 1.807) is 38.1 Å². The van der Waals surface area contributed by atoms with Gasteiger partial charge in [-0.2, -0.15) is 0 Å². The summed E-state index contributed by atoms with van der Waals surface area (Å²) >= 11 is 6.05. The van der Waals surface area contributed by atoms with Gasteiger partial charge in [-0.25, -0.2) is 9.78 Å². The van der Waals surface area contributed by atoms with E-state index in [1.165, 1.54) is 21.1 Å². The van der Waals surface area contributed by atoms with Gasteiger partial charge in [-0.15, -0.1) is 0 Å². The largest absolute Gasteiger partial charge is 0.493 e. The summed E-state index contributed by atoms with van der Waals surface area (Å²) in [7, 11) is 3.01. The first-order valence-corrected chi connectivity index (χ1v) is 8.52. The van der Waals surface area contributed by atoms with E-state index in [-0.39, 0.29) is 10.7 Å². The fraction of sp³-hybridized carbons (Fsp3) is 0.316. The smallest absolute Gasteiger partial charge is 0.342 e. The second-order valence-corrected chi connectivity index (χ2v) is 6.21. The van der Waals surface area contributed by atoms with Crippen molar-refractivity contribution in [3.63, 3.8) is 0 Å². The highest BCUT2D eigenvalue weighted by atomic mass is 35.5. The van der Waals surface area contributed by atoms with Crippen LogP contribution in [-0.4, -0.2) is 37.2 Å². The number of ether oxygens (including phenoxy) is 3. The number of halogens is 1. The van der Waals surface area contributed by atoms with Crippen molar-refractivity contribution in [2.24, 2.45) is 0 Å². The van der Waals surface area contributed by atoms with Gasteiger partial charge in [0.2, 0.25) is 0 Å². The number of hydrogen-bond donors (Lipinski definition) is 1. The summed E-state index contributed by atoms with van der Waals surface area (Å²) in [5.41, 5.74) is 1.94. The van der Waals surface area contributed by atoms with E-state index in [0.29, 0.717) is 28.4 Å². The Hall–Kier alpha value is -2.80. The second-order valence-electron chi connectivity index (χ2n) is 5.85. The minimum Gasteiger partial charge on any atom is -0.493 e. The minimum atomic E-state index is -1.04. The molecule has 1 atom stereocenters. The topological polar surface area (TPSA) is 86.8 Å². The Morgan fingerprint density at radius 3 is 2.37 bits per heavy atom. The summed E-state index contributed by atoms with van der Waals surface area (Å²) in [4.78, 5) is 28.8. The molecule has 0 unspecified atom stereocenters.